The highest BCUT2D eigenvalue weighted by atomic mass is 19.1. The van der Waals surface area contributed by atoms with Crippen molar-refractivity contribution in [3.05, 3.63) is 35.5 Å². The number of nitrogens with two attached hydrogens (primary N) is 1. The quantitative estimate of drug-likeness (QED) is 0.913. The van der Waals surface area contributed by atoms with Crippen LogP contribution in [-0.2, 0) is 7.05 Å². The molecular weight excluding hydrogens is 272 g/mol. The summed E-state index contributed by atoms with van der Waals surface area (Å²) in [7, 11) is 1.75. The molecule has 2 atom stereocenters. The van der Waals surface area contributed by atoms with E-state index >= 15 is 0 Å². The number of aryl methyl sites for hydroxylation is 1. The predicted molar refractivity (Wildman–Crippen MR) is 78.7 cm³/mol. The van der Waals surface area contributed by atoms with E-state index in [1.165, 1.54) is 12.1 Å². The van der Waals surface area contributed by atoms with E-state index in [4.69, 9.17) is 5.73 Å². The van der Waals surface area contributed by atoms with E-state index in [0.717, 1.165) is 31.0 Å². The van der Waals surface area contributed by atoms with Crippen molar-refractivity contribution in [2.45, 2.75) is 32.1 Å². The van der Waals surface area contributed by atoms with Gasteiger partial charge in [-0.25, -0.2) is 8.78 Å². The van der Waals surface area contributed by atoms with Gasteiger partial charge in [-0.1, -0.05) is 19.8 Å². The van der Waals surface area contributed by atoms with Gasteiger partial charge in [-0.2, -0.15) is 5.10 Å². The molecule has 5 heteroatoms. The molecule has 0 saturated heterocycles. The standard InChI is InChI=1S/C16H19F2N3/c1-9-4-3-5-11(9)15-14(16(19)21(2)20-15)12-7-6-10(17)8-13(12)18/h6-9,11H,3-5,19H2,1-2H3. The fraction of sp³-hybridized carbons (Fsp3) is 0.438. The highest BCUT2D eigenvalue weighted by Crippen LogP contribution is 2.44. The van der Waals surface area contributed by atoms with E-state index in [9.17, 15) is 8.78 Å². The lowest BCUT2D eigenvalue weighted by Gasteiger charge is -2.15. The molecule has 1 aromatic heterocycles. The third-order valence-electron chi connectivity index (χ3n) is 4.53. The topological polar surface area (TPSA) is 43.8 Å². The lowest BCUT2D eigenvalue weighted by molar-refractivity contribution is 0.516. The molecule has 2 unspecified atom stereocenters. The maximum Gasteiger partial charge on any atom is 0.134 e. The lowest BCUT2D eigenvalue weighted by atomic mass is 9.90. The van der Waals surface area contributed by atoms with Crippen molar-refractivity contribution in [2.24, 2.45) is 13.0 Å². The Morgan fingerprint density at radius 1 is 1.29 bits per heavy atom. The molecular formula is C16H19F2N3. The second-order valence-electron chi connectivity index (χ2n) is 5.91. The molecule has 1 heterocycles. The highest BCUT2D eigenvalue weighted by molar-refractivity contribution is 5.77. The first-order valence-electron chi connectivity index (χ1n) is 7.26. The van der Waals surface area contributed by atoms with Crippen LogP contribution in [0, 0.1) is 17.6 Å². The first kappa shape index (κ1) is 14.0. The van der Waals surface area contributed by atoms with Crippen LogP contribution in [0.25, 0.3) is 11.1 Å². The number of aromatic nitrogens is 2. The molecule has 3 rings (SSSR count). The molecule has 0 radical (unpaired) electrons. The number of anilines is 1. The number of nitrogens with zero attached hydrogens (tertiary/aromatic N) is 2. The average molecular weight is 291 g/mol. The van der Waals surface area contributed by atoms with Gasteiger partial charge in [-0.15, -0.1) is 0 Å². The van der Waals surface area contributed by atoms with Gasteiger partial charge in [-0.05, 0) is 24.5 Å². The SMILES string of the molecule is CC1CCCC1c1nn(C)c(N)c1-c1ccc(F)cc1F. The number of hydrogen-bond donors (Lipinski definition) is 1. The van der Waals surface area contributed by atoms with Crippen molar-refractivity contribution in [1.29, 1.82) is 0 Å². The normalized spacial score (nSPS) is 21.9. The molecule has 0 aliphatic heterocycles. The first-order valence-corrected chi connectivity index (χ1v) is 7.26. The van der Waals surface area contributed by atoms with E-state index < -0.39 is 11.6 Å². The number of benzene rings is 1. The maximum absolute atomic E-state index is 14.2. The Kier molecular flexibility index (Phi) is 3.43. The van der Waals surface area contributed by atoms with E-state index in [2.05, 4.69) is 12.0 Å². The Bertz CT molecular complexity index is 678. The monoisotopic (exact) mass is 291 g/mol. The van der Waals surface area contributed by atoms with Crippen LogP contribution in [0.15, 0.2) is 18.2 Å². The van der Waals surface area contributed by atoms with Gasteiger partial charge >= 0.3 is 0 Å². The number of hydrogen-bond acceptors (Lipinski definition) is 2. The molecule has 0 spiro atoms. The molecule has 3 nitrogen and oxygen atoms in total. The fourth-order valence-corrected chi connectivity index (χ4v) is 3.34. The molecule has 1 aliphatic carbocycles. The number of halogens is 2. The molecule has 0 bridgehead atoms. The van der Waals surface area contributed by atoms with Crippen molar-refractivity contribution in [3.63, 3.8) is 0 Å². The highest BCUT2D eigenvalue weighted by Gasteiger charge is 2.31. The zero-order valence-corrected chi connectivity index (χ0v) is 12.2. The largest absolute Gasteiger partial charge is 0.383 e. The summed E-state index contributed by atoms with van der Waals surface area (Å²) in [6, 6.07) is 3.59. The molecule has 1 fully saturated rings. The minimum atomic E-state index is -0.596. The summed E-state index contributed by atoms with van der Waals surface area (Å²) < 4.78 is 28.9. The summed E-state index contributed by atoms with van der Waals surface area (Å²) in [6.45, 7) is 2.19. The molecule has 1 aromatic carbocycles. The Morgan fingerprint density at radius 3 is 2.67 bits per heavy atom. The maximum atomic E-state index is 14.2. The average Bonchev–Trinajstić information content (AvgIpc) is 2.96. The van der Waals surface area contributed by atoms with Gasteiger partial charge in [0.05, 0.1) is 11.3 Å². The predicted octanol–water partition coefficient (Wildman–Crippen LogP) is 3.85. The smallest absolute Gasteiger partial charge is 0.134 e. The van der Waals surface area contributed by atoms with E-state index in [1.807, 2.05) is 0 Å². The molecule has 21 heavy (non-hydrogen) atoms. The summed E-state index contributed by atoms with van der Waals surface area (Å²) in [4.78, 5) is 0. The molecule has 112 valence electrons. The van der Waals surface area contributed by atoms with Crippen molar-refractivity contribution < 1.29 is 8.78 Å². The first-order chi connectivity index (χ1) is 9.99. The third kappa shape index (κ3) is 2.30. The Balaban J connectivity index is 2.17. The van der Waals surface area contributed by atoms with E-state index in [0.29, 0.717) is 22.9 Å². The minimum Gasteiger partial charge on any atom is -0.383 e. The van der Waals surface area contributed by atoms with Crippen molar-refractivity contribution >= 4 is 5.82 Å². The van der Waals surface area contributed by atoms with Crippen LogP contribution in [0.3, 0.4) is 0 Å². The van der Waals surface area contributed by atoms with Crippen LogP contribution < -0.4 is 5.73 Å². The van der Waals surface area contributed by atoms with Crippen LogP contribution in [0.5, 0.6) is 0 Å². The zero-order chi connectivity index (χ0) is 15.1. The molecule has 2 aromatic rings. The fourth-order valence-electron chi connectivity index (χ4n) is 3.34. The Morgan fingerprint density at radius 2 is 2.05 bits per heavy atom. The summed E-state index contributed by atoms with van der Waals surface area (Å²) in [5, 5.41) is 4.51. The van der Waals surface area contributed by atoms with Gasteiger partial charge in [0.1, 0.15) is 17.5 Å². The number of nitrogen functional groups attached to an aromatic ring is 1. The second-order valence-corrected chi connectivity index (χ2v) is 5.91. The van der Waals surface area contributed by atoms with Crippen LogP contribution in [0.4, 0.5) is 14.6 Å². The molecule has 2 N–H and O–H groups in total. The Hall–Kier alpha value is -1.91. The van der Waals surface area contributed by atoms with Gasteiger partial charge in [0, 0.05) is 24.6 Å². The van der Waals surface area contributed by atoms with Gasteiger partial charge < -0.3 is 5.73 Å². The summed E-state index contributed by atoms with van der Waals surface area (Å²) in [5.41, 5.74) is 7.88. The molecule has 1 aliphatic rings. The van der Waals surface area contributed by atoms with Crippen molar-refractivity contribution in [1.82, 2.24) is 9.78 Å². The molecule has 0 amide bonds. The zero-order valence-electron chi connectivity index (χ0n) is 12.2. The van der Waals surface area contributed by atoms with Gasteiger partial charge in [0.15, 0.2) is 0 Å². The summed E-state index contributed by atoms with van der Waals surface area (Å²) >= 11 is 0. The van der Waals surface area contributed by atoms with Gasteiger partial charge in [-0.3, -0.25) is 4.68 Å². The van der Waals surface area contributed by atoms with Gasteiger partial charge in [0.25, 0.3) is 0 Å². The third-order valence-corrected chi connectivity index (χ3v) is 4.53. The summed E-state index contributed by atoms with van der Waals surface area (Å²) in [5.74, 6) is 0.0280. The van der Waals surface area contributed by atoms with E-state index in [1.54, 1.807) is 11.7 Å². The Labute approximate surface area is 122 Å². The summed E-state index contributed by atoms with van der Waals surface area (Å²) in [6.07, 6.45) is 3.33. The van der Waals surface area contributed by atoms with Gasteiger partial charge in [0.2, 0.25) is 0 Å². The van der Waals surface area contributed by atoms with Crippen LogP contribution >= 0.6 is 0 Å². The van der Waals surface area contributed by atoms with Crippen molar-refractivity contribution in [3.8, 4) is 11.1 Å². The minimum absolute atomic E-state index is 0.285. The number of rotatable bonds is 2. The van der Waals surface area contributed by atoms with Crippen LogP contribution in [-0.4, -0.2) is 9.78 Å². The van der Waals surface area contributed by atoms with Crippen molar-refractivity contribution in [2.75, 3.05) is 5.73 Å². The van der Waals surface area contributed by atoms with E-state index in [-0.39, 0.29) is 5.92 Å². The lowest BCUT2D eigenvalue weighted by Crippen LogP contribution is -2.05. The van der Waals surface area contributed by atoms with Crippen LogP contribution in [0.1, 0.15) is 37.8 Å². The van der Waals surface area contributed by atoms with Crippen LogP contribution in [0.2, 0.25) is 0 Å². The second kappa shape index (κ2) is 5.13. The molecule has 1 saturated carbocycles.